The number of anilines is 1. The smallest absolute Gasteiger partial charge is 0.328 e. The van der Waals surface area contributed by atoms with Gasteiger partial charge in [-0.25, -0.2) is 9.59 Å². The van der Waals surface area contributed by atoms with Crippen LogP contribution in [0, 0.1) is 0 Å². The topological polar surface area (TPSA) is 103 Å². The summed E-state index contributed by atoms with van der Waals surface area (Å²) >= 11 is 0. The van der Waals surface area contributed by atoms with Crippen molar-refractivity contribution in [3.63, 3.8) is 0 Å². The van der Waals surface area contributed by atoms with Crippen molar-refractivity contribution >= 4 is 17.6 Å². The zero-order valence-electron chi connectivity index (χ0n) is 16.7. The Morgan fingerprint density at radius 3 is 2.46 bits per heavy atom. The minimum absolute atomic E-state index is 0.558. The lowest BCUT2D eigenvalue weighted by Crippen LogP contribution is -2.28. The summed E-state index contributed by atoms with van der Waals surface area (Å²) in [5, 5.41) is 15.6. The Bertz CT molecular complexity index is 620. The Hall–Kier alpha value is -2.61. The van der Waals surface area contributed by atoms with E-state index < -0.39 is 11.9 Å². The first-order chi connectivity index (χ1) is 13.4. The molecule has 156 valence electrons. The van der Waals surface area contributed by atoms with Crippen LogP contribution in [-0.2, 0) is 9.59 Å². The van der Waals surface area contributed by atoms with Gasteiger partial charge in [0.2, 0.25) is 0 Å². The Morgan fingerprint density at radius 1 is 1.11 bits per heavy atom. The molecule has 2 heterocycles. The highest BCUT2D eigenvalue weighted by atomic mass is 16.5. The lowest BCUT2D eigenvalue weighted by Gasteiger charge is -2.22. The lowest BCUT2D eigenvalue weighted by molar-refractivity contribution is -0.134. The van der Waals surface area contributed by atoms with Crippen molar-refractivity contribution in [3.8, 4) is 5.75 Å². The SMILES string of the molecule is CCCCCOc1cncc(N2CCCN(C)CC2)c1.O=C(O)/C=C/C(=O)O. The Morgan fingerprint density at radius 2 is 1.82 bits per heavy atom. The van der Waals surface area contributed by atoms with Gasteiger partial charge in [-0.3, -0.25) is 4.98 Å². The third-order valence-electron chi connectivity index (χ3n) is 4.17. The van der Waals surface area contributed by atoms with Crippen LogP contribution in [0.15, 0.2) is 30.6 Å². The number of aromatic nitrogens is 1. The number of carboxylic acid groups (broad SMARTS) is 2. The largest absolute Gasteiger partial charge is 0.492 e. The molecule has 1 saturated heterocycles. The first-order valence-corrected chi connectivity index (χ1v) is 9.57. The van der Waals surface area contributed by atoms with Gasteiger partial charge in [-0.1, -0.05) is 19.8 Å². The second-order valence-corrected chi connectivity index (χ2v) is 6.59. The zero-order chi connectivity index (χ0) is 20.8. The van der Waals surface area contributed by atoms with Crippen LogP contribution < -0.4 is 9.64 Å². The monoisotopic (exact) mass is 393 g/mol. The van der Waals surface area contributed by atoms with Crippen molar-refractivity contribution in [2.75, 3.05) is 44.7 Å². The van der Waals surface area contributed by atoms with Gasteiger partial charge in [-0.15, -0.1) is 0 Å². The molecule has 1 aliphatic heterocycles. The van der Waals surface area contributed by atoms with Crippen LogP contribution >= 0.6 is 0 Å². The second kappa shape index (κ2) is 13.5. The quantitative estimate of drug-likeness (QED) is 0.513. The highest BCUT2D eigenvalue weighted by Gasteiger charge is 2.13. The van der Waals surface area contributed by atoms with Crippen molar-refractivity contribution in [2.45, 2.75) is 32.6 Å². The number of carboxylic acids is 2. The number of hydrogen-bond acceptors (Lipinski definition) is 6. The predicted molar refractivity (Wildman–Crippen MR) is 108 cm³/mol. The molecular weight excluding hydrogens is 362 g/mol. The highest BCUT2D eigenvalue weighted by molar-refractivity contribution is 5.89. The number of unbranched alkanes of at least 4 members (excludes halogenated alkanes) is 2. The normalized spacial score (nSPS) is 14.9. The number of likely N-dealkylation sites (N-methyl/N-ethyl adjacent to an activating group) is 1. The zero-order valence-corrected chi connectivity index (χ0v) is 16.7. The molecule has 2 N–H and O–H groups in total. The summed E-state index contributed by atoms with van der Waals surface area (Å²) in [5.41, 5.74) is 1.19. The maximum Gasteiger partial charge on any atom is 0.328 e. The summed E-state index contributed by atoms with van der Waals surface area (Å²) in [6, 6.07) is 2.13. The molecular formula is C20H31N3O5. The van der Waals surface area contributed by atoms with Crippen LogP contribution in [0.2, 0.25) is 0 Å². The van der Waals surface area contributed by atoms with Crippen LogP contribution in [-0.4, -0.2) is 71.9 Å². The fourth-order valence-electron chi connectivity index (χ4n) is 2.65. The molecule has 0 radical (unpaired) electrons. The maximum atomic E-state index is 9.55. The maximum absolute atomic E-state index is 9.55. The van der Waals surface area contributed by atoms with Gasteiger partial charge in [0, 0.05) is 37.9 Å². The summed E-state index contributed by atoms with van der Waals surface area (Å²) in [4.78, 5) is 28.2. The first kappa shape index (κ1) is 23.4. The molecule has 0 atom stereocenters. The molecule has 8 nitrogen and oxygen atoms in total. The molecule has 0 spiro atoms. The summed E-state index contributed by atoms with van der Waals surface area (Å²) in [7, 11) is 2.19. The van der Waals surface area contributed by atoms with Gasteiger partial charge >= 0.3 is 11.9 Å². The first-order valence-electron chi connectivity index (χ1n) is 9.57. The van der Waals surface area contributed by atoms with E-state index in [2.05, 4.69) is 34.8 Å². The number of rotatable bonds is 8. The number of ether oxygens (including phenoxy) is 1. The molecule has 1 fully saturated rings. The fraction of sp³-hybridized carbons (Fsp3) is 0.550. The van der Waals surface area contributed by atoms with E-state index in [1.165, 1.54) is 31.5 Å². The lowest BCUT2D eigenvalue weighted by atomic mass is 10.3. The van der Waals surface area contributed by atoms with E-state index >= 15 is 0 Å². The fourth-order valence-corrected chi connectivity index (χ4v) is 2.65. The Kier molecular flexibility index (Phi) is 11.3. The van der Waals surface area contributed by atoms with E-state index in [1.807, 2.05) is 12.4 Å². The molecule has 1 aromatic rings. The number of hydrogen-bond donors (Lipinski definition) is 2. The summed E-state index contributed by atoms with van der Waals surface area (Å²) in [5.74, 6) is -1.61. The average molecular weight is 393 g/mol. The van der Waals surface area contributed by atoms with Crippen molar-refractivity contribution in [1.29, 1.82) is 0 Å². The second-order valence-electron chi connectivity index (χ2n) is 6.59. The molecule has 0 aliphatic carbocycles. The van der Waals surface area contributed by atoms with E-state index in [0.717, 1.165) is 38.4 Å². The van der Waals surface area contributed by atoms with Crippen LogP contribution in [0.5, 0.6) is 5.75 Å². The minimum atomic E-state index is -1.26. The van der Waals surface area contributed by atoms with Gasteiger partial charge in [0.1, 0.15) is 5.75 Å². The third kappa shape index (κ3) is 10.5. The molecule has 0 bridgehead atoms. The molecule has 0 aromatic carbocycles. The summed E-state index contributed by atoms with van der Waals surface area (Å²) < 4.78 is 5.79. The van der Waals surface area contributed by atoms with E-state index in [1.54, 1.807) is 0 Å². The molecule has 2 rings (SSSR count). The van der Waals surface area contributed by atoms with Gasteiger partial charge in [-0.2, -0.15) is 0 Å². The Balaban J connectivity index is 0.000000416. The van der Waals surface area contributed by atoms with E-state index in [4.69, 9.17) is 14.9 Å². The number of pyridine rings is 1. The molecule has 1 aliphatic rings. The number of aliphatic carboxylic acids is 2. The van der Waals surface area contributed by atoms with Crippen LogP contribution in [0.25, 0.3) is 0 Å². The third-order valence-corrected chi connectivity index (χ3v) is 4.17. The molecule has 0 unspecified atom stereocenters. The molecule has 0 amide bonds. The van der Waals surface area contributed by atoms with Gasteiger partial charge in [0.15, 0.2) is 0 Å². The Labute approximate surface area is 166 Å². The molecule has 8 heteroatoms. The van der Waals surface area contributed by atoms with Crippen LogP contribution in [0.1, 0.15) is 32.6 Å². The van der Waals surface area contributed by atoms with Crippen LogP contribution in [0.3, 0.4) is 0 Å². The van der Waals surface area contributed by atoms with E-state index in [-0.39, 0.29) is 0 Å². The van der Waals surface area contributed by atoms with Crippen LogP contribution in [0.4, 0.5) is 5.69 Å². The molecule has 28 heavy (non-hydrogen) atoms. The van der Waals surface area contributed by atoms with E-state index in [9.17, 15) is 9.59 Å². The van der Waals surface area contributed by atoms with Crippen molar-refractivity contribution in [2.24, 2.45) is 0 Å². The van der Waals surface area contributed by atoms with Gasteiger partial charge in [0.05, 0.1) is 24.7 Å². The van der Waals surface area contributed by atoms with Crippen molar-refractivity contribution in [1.82, 2.24) is 9.88 Å². The van der Waals surface area contributed by atoms with Gasteiger partial charge < -0.3 is 24.7 Å². The number of nitrogens with zero attached hydrogens (tertiary/aromatic N) is 3. The minimum Gasteiger partial charge on any atom is -0.492 e. The van der Waals surface area contributed by atoms with Crippen molar-refractivity contribution in [3.05, 3.63) is 30.6 Å². The van der Waals surface area contributed by atoms with E-state index in [0.29, 0.717) is 12.2 Å². The molecule has 1 aromatic heterocycles. The van der Waals surface area contributed by atoms with Crippen molar-refractivity contribution < 1.29 is 24.5 Å². The standard InChI is InChI=1S/C16H27N3O.C4H4O4/c1-3-4-5-11-20-16-12-15(13-17-14-16)19-8-6-7-18(2)9-10-19;5-3(6)1-2-4(7)8/h12-14H,3-11H2,1-2H3;1-2H,(H,5,6)(H,7,8)/b;2-1+. The summed E-state index contributed by atoms with van der Waals surface area (Å²) in [6.45, 7) is 7.46. The van der Waals surface area contributed by atoms with Gasteiger partial charge in [0.25, 0.3) is 0 Å². The predicted octanol–water partition coefficient (Wildman–Crippen LogP) is 2.50. The molecule has 0 saturated carbocycles. The highest BCUT2D eigenvalue weighted by Crippen LogP contribution is 2.21. The average Bonchev–Trinajstić information content (AvgIpc) is 2.89. The van der Waals surface area contributed by atoms with Gasteiger partial charge in [-0.05, 0) is 26.4 Å². The summed E-state index contributed by atoms with van der Waals surface area (Å²) in [6.07, 6.45) is 9.66. The number of carbonyl (C=O) groups is 2.